The Balaban J connectivity index is 1.69. The summed E-state index contributed by atoms with van der Waals surface area (Å²) in [4.78, 5) is 15.3. The minimum Gasteiger partial charge on any atom is -0.351 e. The Bertz CT molecular complexity index is 788. The fraction of sp³-hybridized carbons (Fsp3) is 0.667. The van der Waals surface area contributed by atoms with Crippen LogP contribution in [0.4, 0.5) is 0 Å². The number of hydrogen-bond donors (Lipinski definition) is 1. The predicted molar refractivity (Wildman–Crippen MR) is 111 cm³/mol. The van der Waals surface area contributed by atoms with E-state index in [4.69, 9.17) is 0 Å². The smallest absolute Gasteiger partial charge is 0.251 e. The highest BCUT2D eigenvalue weighted by molar-refractivity contribution is 7.89. The molecule has 0 bridgehead atoms. The number of rotatable bonds is 6. The molecule has 2 heterocycles. The summed E-state index contributed by atoms with van der Waals surface area (Å²) >= 11 is 0. The van der Waals surface area contributed by atoms with Crippen molar-refractivity contribution in [3.8, 4) is 0 Å². The van der Waals surface area contributed by atoms with E-state index in [0.717, 1.165) is 44.5 Å². The summed E-state index contributed by atoms with van der Waals surface area (Å²) in [5.74, 6) is -0.196. The first-order chi connectivity index (χ1) is 13.4. The molecular weight excluding hydrogens is 374 g/mol. The second kappa shape index (κ2) is 9.37. The van der Waals surface area contributed by atoms with Crippen LogP contribution in [0.25, 0.3) is 0 Å². The molecule has 7 heteroatoms. The summed E-state index contributed by atoms with van der Waals surface area (Å²) < 4.78 is 27.8. The first-order valence-corrected chi connectivity index (χ1v) is 12.0. The summed E-state index contributed by atoms with van der Waals surface area (Å²) in [6, 6.07) is 4.90. The zero-order valence-electron chi connectivity index (χ0n) is 17.1. The number of nitrogens with zero attached hydrogens (tertiary/aromatic N) is 2. The van der Waals surface area contributed by atoms with Crippen molar-refractivity contribution < 1.29 is 13.2 Å². The number of piperidine rings is 2. The van der Waals surface area contributed by atoms with Gasteiger partial charge in [-0.3, -0.25) is 4.79 Å². The molecule has 0 saturated carbocycles. The zero-order chi connectivity index (χ0) is 20.1. The molecule has 1 atom stereocenters. The summed E-state index contributed by atoms with van der Waals surface area (Å²) in [5.41, 5.74) is 1.24. The fourth-order valence-corrected chi connectivity index (χ4v) is 5.90. The van der Waals surface area contributed by atoms with Crippen molar-refractivity contribution in [1.29, 1.82) is 0 Å². The lowest BCUT2D eigenvalue weighted by atomic mass is 10.1. The van der Waals surface area contributed by atoms with Gasteiger partial charge in [-0.25, -0.2) is 8.42 Å². The van der Waals surface area contributed by atoms with E-state index >= 15 is 0 Å². The molecule has 0 aliphatic carbocycles. The van der Waals surface area contributed by atoms with Crippen LogP contribution in [0.2, 0.25) is 0 Å². The standard InChI is InChI=1S/C21H33N3O3S/c1-17-9-10-19(28(26,27)24-14-7-4-8-18(24)2)16-20(17)21(25)22-11-15-23-12-5-3-6-13-23/h9-10,16,18H,3-8,11-15H2,1-2H3,(H,22,25). The number of likely N-dealkylation sites (tertiary alicyclic amines) is 1. The fourth-order valence-electron chi connectivity index (χ4n) is 4.18. The lowest BCUT2D eigenvalue weighted by Gasteiger charge is -2.32. The summed E-state index contributed by atoms with van der Waals surface area (Å²) in [7, 11) is -3.58. The Kier molecular flexibility index (Phi) is 7.12. The van der Waals surface area contributed by atoms with Gasteiger partial charge in [-0.1, -0.05) is 18.9 Å². The molecule has 2 aliphatic rings. The third kappa shape index (κ3) is 4.93. The van der Waals surface area contributed by atoms with Gasteiger partial charge in [0.05, 0.1) is 4.90 Å². The quantitative estimate of drug-likeness (QED) is 0.787. The Labute approximate surface area is 169 Å². The topological polar surface area (TPSA) is 69.7 Å². The molecule has 2 fully saturated rings. The summed E-state index contributed by atoms with van der Waals surface area (Å²) in [6.07, 6.45) is 6.57. The van der Waals surface area contributed by atoms with Crippen LogP contribution >= 0.6 is 0 Å². The van der Waals surface area contributed by atoms with Crippen molar-refractivity contribution in [3.63, 3.8) is 0 Å². The molecule has 2 saturated heterocycles. The molecule has 6 nitrogen and oxygen atoms in total. The van der Waals surface area contributed by atoms with Gasteiger partial charge in [-0.15, -0.1) is 0 Å². The number of nitrogens with one attached hydrogen (secondary N) is 1. The van der Waals surface area contributed by atoms with Gasteiger partial charge in [-0.2, -0.15) is 4.31 Å². The number of amides is 1. The number of carbonyl (C=O) groups excluding carboxylic acids is 1. The highest BCUT2D eigenvalue weighted by Gasteiger charge is 2.31. The van der Waals surface area contributed by atoms with Crippen LogP contribution in [-0.4, -0.2) is 62.3 Å². The normalized spacial score (nSPS) is 22.1. The third-order valence-electron chi connectivity index (χ3n) is 5.96. The first kappa shape index (κ1) is 21.3. The molecule has 1 aromatic carbocycles. The van der Waals surface area contributed by atoms with Crippen LogP contribution in [0, 0.1) is 6.92 Å². The minimum absolute atomic E-state index is 0.00173. The minimum atomic E-state index is -3.58. The van der Waals surface area contributed by atoms with E-state index in [9.17, 15) is 13.2 Å². The largest absolute Gasteiger partial charge is 0.351 e. The van der Waals surface area contributed by atoms with E-state index in [1.54, 1.807) is 22.5 Å². The van der Waals surface area contributed by atoms with Crippen molar-refractivity contribution >= 4 is 15.9 Å². The van der Waals surface area contributed by atoms with Crippen LogP contribution in [0.3, 0.4) is 0 Å². The van der Waals surface area contributed by atoms with E-state index in [1.807, 2.05) is 13.8 Å². The molecule has 2 aliphatic heterocycles. The number of sulfonamides is 1. The molecular formula is C21H33N3O3S. The number of aryl methyl sites for hydroxylation is 1. The number of carbonyl (C=O) groups is 1. The Hall–Kier alpha value is -1.44. The number of benzene rings is 1. The predicted octanol–water partition coefficient (Wildman–Crippen LogP) is 2.77. The van der Waals surface area contributed by atoms with Gasteiger partial charge >= 0.3 is 0 Å². The highest BCUT2D eigenvalue weighted by atomic mass is 32.2. The van der Waals surface area contributed by atoms with Crippen LogP contribution in [-0.2, 0) is 10.0 Å². The molecule has 0 spiro atoms. The van der Waals surface area contributed by atoms with Gasteiger partial charge in [0.25, 0.3) is 5.91 Å². The van der Waals surface area contributed by atoms with Crippen molar-refractivity contribution in [1.82, 2.24) is 14.5 Å². The van der Waals surface area contributed by atoms with E-state index < -0.39 is 10.0 Å². The van der Waals surface area contributed by atoms with Crippen LogP contribution in [0.1, 0.15) is 61.4 Å². The maximum absolute atomic E-state index is 13.1. The Morgan fingerprint density at radius 2 is 1.82 bits per heavy atom. The molecule has 1 N–H and O–H groups in total. The van der Waals surface area contributed by atoms with Gasteiger partial charge < -0.3 is 10.2 Å². The molecule has 0 radical (unpaired) electrons. The Morgan fingerprint density at radius 1 is 1.11 bits per heavy atom. The summed E-state index contributed by atoms with van der Waals surface area (Å²) in [6.45, 7) is 7.97. The Morgan fingerprint density at radius 3 is 2.54 bits per heavy atom. The molecule has 0 aromatic heterocycles. The van der Waals surface area contributed by atoms with Crippen molar-refractivity contribution in [2.75, 3.05) is 32.7 Å². The van der Waals surface area contributed by atoms with Gasteiger partial charge in [-0.05, 0) is 70.3 Å². The molecule has 156 valence electrons. The van der Waals surface area contributed by atoms with E-state index in [1.165, 1.54) is 19.3 Å². The maximum Gasteiger partial charge on any atom is 0.251 e. The van der Waals surface area contributed by atoms with Crippen molar-refractivity contribution in [2.45, 2.75) is 63.3 Å². The average molecular weight is 408 g/mol. The lowest BCUT2D eigenvalue weighted by Crippen LogP contribution is -2.42. The van der Waals surface area contributed by atoms with E-state index in [-0.39, 0.29) is 16.8 Å². The summed E-state index contributed by atoms with van der Waals surface area (Å²) in [5, 5.41) is 2.97. The van der Waals surface area contributed by atoms with Gasteiger partial charge in [0.2, 0.25) is 10.0 Å². The van der Waals surface area contributed by atoms with Crippen LogP contribution in [0.15, 0.2) is 23.1 Å². The monoisotopic (exact) mass is 407 g/mol. The zero-order valence-corrected chi connectivity index (χ0v) is 17.9. The average Bonchev–Trinajstić information content (AvgIpc) is 2.69. The van der Waals surface area contributed by atoms with Crippen LogP contribution in [0.5, 0.6) is 0 Å². The van der Waals surface area contributed by atoms with Gasteiger partial charge in [0.1, 0.15) is 0 Å². The molecule has 1 unspecified atom stereocenters. The molecule has 3 rings (SSSR count). The van der Waals surface area contributed by atoms with Gasteiger partial charge in [0.15, 0.2) is 0 Å². The third-order valence-corrected chi connectivity index (χ3v) is 7.97. The first-order valence-electron chi connectivity index (χ1n) is 10.5. The highest BCUT2D eigenvalue weighted by Crippen LogP contribution is 2.26. The SMILES string of the molecule is Cc1ccc(S(=O)(=O)N2CCCCC2C)cc1C(=O)NCCN1CCCCC1. The number of hydrogen-bond acceptors (Lipinski definition) is 4. The molecule has 28 heavy (non-hydrogen) atoms. The van der Waals surface area contributed by atoms with E-state index in [0.29, 0.717) is 18.7 Å². The van der Waals surface area contributed by atoms with Crippen molar-refractivity contribution in [2.24, 2.45) is 0 Å². The second-order valence-corrected chi connectivity index (χ2v) is 9.99. The van der Waals surface area contributed by atoms with E-state index in [2.05, 4.69) is 10.2 Å². The van der Waals surface area contributed by atoms with Crippen molar-refractivity contribution in [3.05, 3.63) is 29.3 Å². The second-order valence-electron chi connectivity index (χ2n) is 8.10. The van der Waals surface area contributed by atoms with Crippen LogP contribution < -0.4 is 5.32 Å². The van der Waals surface area contributed by atoms with Gasteiger partial charge in [0, 0.05) is 31.2 Å². The maximum atomic E-state index is 13.1. The molecule has 1 aromatic rings. The molecule has 1 amide bonds. The lowest BCUT2D eigenvalue weighted by molar-refractivity contribution is 0.0945.